The summed E-state index contributed by atoms with van der Waals surface area (Å²) in [6, 6.07) is 8.52. The first-order chi connectivity index (χ1) is 8.98. The van der Waals surface area contributed by atoms with Crippen LogP contribution in [0.15, 0.2) is 35.4 Å². The number of rotatable bonds is 4. The normalized spacial score (nSPS) is 11.8. The van der Waals surface area contributed by atoms with Crippen molar-refractivity contribution in [2.75, 3.05) is 6.26 Å². The Morgan fingerprint density at radius 1 is 1.21 bits per heavy atom. The Balaban J connectivity index is 2.07. The summed E-state index contributed by atoms with van der Waals surface area (Å²) in [5.74, 6) is 0.971. The van der Waals surface area contributed by atoms with E-state index in [0.717, 1.165) is 18.1 Å². The highest BCUT2D eigenvalue weighted by Crippen LogP contribution is 2.21. The number of imidazole rings is 1. The summed E-state index contributed by atoms with van der Waals surface area (Å²) in [7, 11) is 0. The van der Waals surface area contributed by atoms with Gasteiger partial charge in [-0.1, -0.05) is 12.1 Å². The quantitative estimate of drug-likeness (QED) is 0.836. The van der Waals surface area contributed by atoms with Crippen LogP contribution in [0.1, 0.15) is 26.6 Å². The van der Waals surface area contributed by atoms with Crippen LogP contribution in [0.3, 0.4) is 0 Å². The first kappa shape index (κ1) is 14.2. The van der Waals surface area contributed by atoms with Gasteiger partial charge in [0.15, 0.2) is 0 Å². The van der Waals surface area contributed by atoms with Crippen LogP contribution in [0.25, 0.3) is 11.3 Å². The fourth-order valence-corrected chi connectivity index (χ4v) is 2.13. The highest BCUT2D eigenvalue weighted by atomic mass is 32.2. The van der Waals surface area contributed by atoms with Crippen molar-refractivity contribution in [2.45, 2.75) is 37.8 Å². The molecule has 19 heavy (non-hydrogen) atoms. The molecule has 0 unspecified atom stereocenters. The lowest BCUT2D eigenvalue weighted by molar-refractivity contribution is 0.418. The lowest BCUT2D eigenvalue weighted by Gasteiger charge is -2.19. The molecule has 0 fully saturated rings. The van der Waals surface area contributed by atoms with Crippen LogP contribution >= 0.6 is 11.8 Å². The summed E-state index contributed by atoms with van der Waals surface area (Å²) in [4.78, 5) is 9.05. The number of H-pyrrole nitrogens is 1. The number of aromatic nitrogens is 2. The number of benzene rings is 1. The molecule has 0 saturated heterocycles. The Morgan fingerprint density at radius 3 is 2.47 bits per heavy atom. The molecule has 2 N–H and O–H groups in total. The van der Waals surface area contributed by atoms with Gasteiger partial charge in [0.2, 0.25) is 0 Å². The zero-order valence-electron chi connectivity index (χ0n) is 11.9. The third kappa shape index (κ3) is 4.11. The van der Waals surface area contributed by atoms with Crippen LogP contribution < -0.4 is 5.32 Å². The van der Waals surface area contributed by atoms with E-state index >= 15 is 0 Å². The topological polar surface area (TPSA) is 40.7 Å². The fourth-order valence-electron chi connectivity index (χ4n) is 1.72. The van der Waals surface area contributed by atoms with Crippen LogP contribution in [-0.4, -0.2) is 21.8 Å². The van der Waals surface area contributed by atoms with Crippen molar-refractivity contribution in [3.8, 4) is 11.3 Å². The third-order valence-electron chi connectivity index (χ3n) is 2.82. The SMILES string of the molecule is CSc1ccc(-c2cnc(CNC(C)(C)C)[nH]2)cc1. The minimum Gasteiger partial charge on any atom is -0.341 e. The van der Waals surface area contributed by atoms with Crippen LogP contribution in [0, 0.1) is 0 Å². The molecule has 1 aromatic heterocycles. The standard InChI is InChI=1S/C15H21N3S/c1-15(2,3)17-10-14-16-9-13(18-14)11-5-7-12(19-4)8-6-11/h5-9,17H,10H2,1-4H3,(H,16,18). The lowest BCUT2D eigenvalue weighted by Crippen LogP contribution is -2.35. The van der Waals surface area contributed by atoms with E-state index in [1.54, 1.807) is 11.8 Å². The molecule has 0 bridgehead atoms. The van der Waals surface area contributed by atoms with Crippen LogP contribution in [0.2, 0.25) is 0 Å². The highest BCUT2D eigenvalue weighted by molar-refractivity contribution is 7.98. The third-order valence-corrected chi connectivity index (χ3v) is 3.56. The van der Waals surface area contributed by atoms with Gasteiger partial charge in [0.05, 0.1) is 18.4 Å². The van der Waals surface area contributed by atoms with Crippen molar-refractivity contribution >= 4 is 11.8 Å². The van der Waals surface area contributed by atoms with Crippen LogP contribution in [0.5, 0.6) is 0 Å². The average molecular weight is 275 g/mol. The summed E-state index contributed by atoms with van der Waals surface area (Å²) in [5, 5.41) is 3.42. The van der Waals surface area contributed by atoms with Gasteiger partial charge >= 0.3 is 0 Å². The highest BCUT2D eigenvalue weighted by Gasteiger charge is 2.10. The molecular weight excluding hydrogens is 254 g/mol. The second-order valence-corrected chi connectivity index (χ2v) is 6.46. The van der Waals surface area contributed by atoms with Crippen molar-refractivity contribution < 1.29 is 0 Å². The Hall–Kier alpha value is -1.26. The van der Waals surface area contributed by atoms with Gasteiger partial charge in [-0.3, -0.25) is 0 Å². The molecule has 102 valence electrons. The van der Waals surface area contributed by atoms with Crippen molar-refractivity contribution in [3.63, 3.8) is 0 Å². The molecule has 0 aliphatic heterocycles. The maximum Gasteiger partial charge on any atom is 0.120 e. The van der Waals surface area contributed by atoms with Gasteiger partial charge in [-0.05, 0) is 44.7 Å². The Morgan fingerprint density at radius 2 is 1.89 bits per heavy atom. The van der Waals surface area contributed by atoms with E-state index in [4.69, 9.17) is 0 Å². The largest absolute Gasteiger partial charge is 0.341 e. The molecule has 0 atom stereocenters. The van der Waals surface area contributed by atoms with Gasteiger partial charge in [-0.2, -0.15) is 0 Å². The van der Waals surface area contributed by atoms with E-state index in [2.05, 4.69) is 66.6 Å². The maximum absolute atomic E-state index is 4.41. The number of aromatic amines is 1. The molecule has 0 aliphatic rings. The fraction of sp³-hybridized carbons (Fsp3) is 0.400. The second kappa shape index (κ2) is 5.80. The van der Waals surface area contributed by atoms with Gasteiger partial charge < -0.3 is 10.3 Å². The van der Waals surface area contributed by atoms with Crippen molar-refractivity contribution in [1.82, 2.24) is 15.3 Å². The van der Waals surface area contributed by atoms with Crippen molar-refractivity contribution in [3.05, 3.63) is 36.3 Å². The van der Waals surface area contributed by atoms with Gasteiger partial charge in [-0.25, -0.2) is 4.98 Å². The number of hydrogen-bond acceptors (Lipinski definition) is 3. The van der Waals surface area contributed by atoms with E-state index in [0.29, 0.717) is 0 Å². The summed E-state index contributed by atoms with van der Waals surface area (Å²) in [6.07, 6.45) is 3.98. The Bertz CT molecular complexity index is 523. The molecule has 1 aromatic carbocycles. The van der Waals surface area contributed by atoms with Crippen molar-refractivity contribution in [1.29, 1.82) is 0 Å². The Labute approximate surface area is 119 Å². The molecule has 2 rings (SSSR count). The minimum atomic E-state index is 0.104. The van der Waals surface area contributed by atoms with Gasteiger partial charge in [-0.15, -0.1) is 11.8 Å². The number of thioether (sulfide) groups is 1. The van der Waals surface area contributed by atoms with Gasteiger partial charge in [0.1, 0.15) is 5.82 Å². The molecule has 0 aliphatic carbocycles. The summed E-state index contributed by atoms with van der Waals surface area (Å²) in [5.41, 5.74) is 2.35. The second-order valence-electron chi connectivity index (χ2n) is 5.58. The summed E-state index contributed by atoms with van der Waals surface area (Å²) in [6.45, 7) is 7.21. The van der Waals surface area contributed by atoms with E-state index in [9.17, 15) is 0 Å². The van der Waals surface area contributed by atoms with E-state index in [1.807, 2.05) is 6.20 Å². The molecule has 2 aromatic rings. The maximum atomic E-state index is 4.41. The lowest BCUT2D eigenvalue weighted by atomic mass is 10.1. The number of nitrogens with one attached hydrogen (secondary N) is 2. The smallest absolute Gasteiger partial charge is 0.120 e. The molecule has 0 spiro atoms. The molecule has 4 heteroatoms. The van der Waals surface area contributed by atoms with Gasteiger partial charge in [0, 0.05) is 10.4 Å². The summed E-state index contributed by atoms with van der Waals surface area (Å²) < 4.78 is 0. The van der Waals surface area contributed by atoms with E-state index in [1.165, 1.54) is 10.5 Å². The molecule has 1 heterocycles. The molecule has 3 nitrogen and oxygen atoms in total. The van der Waals surface area contributed by atoms with Crippen molar-refractivity contribution in [2.24, 2.45) is 0 Å². The first-order valence-corrected chi connectivity index (χ1v) is 7.64. The van der Waals surface area contributed by atoms with Gasteiger partial charge in [0.25, 0.3) is 0 Å². The molecule has 0 saturated carbocycles. The molecule has 0 amide bonds. The number of hydrogen-bond donors (Lipinski definition) is 2. The monoisotopic (exact) mass is 275 g/mol. The van der Waals surface area contributed by atoms with Crippen LogP contribution in [0.4, 0.5) is 0 Å². The zero-order chi connectivity index (χ0) is 13.9. The first-order valence-electron chi connectivity index (χ1n) is 6.41. The molecular formula is C15H21N3S. The predicted molar refractivity (Wildman–Crippen MR) is 82.4 cm³/mol. The van der Waals surface area contributed by atoms with Crippen LogP contribution in [-0.2, 0) is 6.54 Å². The Kier molecular flexibility index (Phi) is 4.32. The predicted octanol–water partition coefficient (Wildman–Crippen LogP) is 3.69. The van der Waals surface area contributed by atoms with E-state index < -0.39 is 0 Å². The van der Waals surface area contributed by atoms with E-state index in [-0.39, 0.29) is 5.54 Å². The summed E-state index contributed by atoms with van der Waals surface area (Å²) >= 11 is 1.75. The molecule has 0 radical (unpaired) electrons. The zero-order valence-corrected chi connectivity index (χ0v) is 12.8. The number of nitrogens with zero attached hydrogens (tertiary/aromatic N) is 1. The minimum absolute atomic E-state index is 0.104. The average Bonchev–Trinajstić information content (AvgIpc) is 2.84.